The van der Waals surface area contributed by atoms with Crippen molar-refractivity contribution in [3.63, 3.8) is 0 Å². The van der Waals surface area contributed by atoms with Crippen LogP contribution in [0.15, 0.2) is 30.3 Å². The van der Waals surface area contributed by atoms with Crippen molar-refractivity contribution >= 4 is 24.0 Å². The molecule has 0 spiro atoms. The molecule has 1 saturated heterocycles. The number of carbonyl (C=O) groups is 2. The average Bonchev–Trinajstić information content (AvgIpc) is 2.68. The molecule has 0 radical (unpaired) electrons. The lowest BCUT2D eigenvalue weighted by Crippen LogP contribution is -2.46. The maximum atomic E-state index is 12.6. The predicted molar refractivity (Wildman–Crippen MR) is 100 cm³/mol. The summed E-state index contributed by atoms with van der Waals surface area (Å²) in [6.45, 7) is 6.51. The van der Waals surface area contributed by atoms with Gasteiger partial charge in [0.15, 0.2) is 0 Å². The summed E-state index contributed by atoms with van der Waals surface area (Å²) in [6, 6.07) is 9.47. The van der Waals surface area contributed by atoms with Crippen LogP contribution in [0, 0.1) is 6.92 Å². The van der Waals surface area contributed by atoms with Crippen LogP contribution in [-0.2, 0) is 11.2 Å². The van der Waals surface area contributed by atoms with Gasteiger partial charge in [-0.05, 0) is 37.1 Å². The first-order valence-electron chi connectivity index (χ1n) is 8.79. The van der Waals surface area contributed by atoms with Crippen LogP contribution in [0.25, 0.3) is 0 Å². The lowest BCUT2D eigenvalue weighted by Gasteiger charge is -2.32. The zero-order valence-electron chi connectivity index (χ0n) is 15.1. The van der Waals surface area contributed by atoms with E-state index in [0.717, 1.165) is 24.2 Å². The van der Waals surface area contributed by atoms with Crippen molar-refractivity contribution in [3.05, 3.63) is 47.3 Å². The molecule has 7 heteroatoms. The van der Waals surface area contributed by atoms with Crippen molar-refractivity contribution in [1.29, 1.82) is 0 Å². The summed E-state index contributed by atoms with van der Waals surface area (Å²) in [4.78, 5) is 36.0. The second-order valence-electron chi connectivity index (χ2n) is 6.33. The van der Waals surface area contributed by atoms with Gasteiger partial charge in [-0.3, -0.25) is 9.59 Å². The molecule has 3 rings (SSSR count). The van der Waals surface area contributed by atoms with Gasteiger partial charge in [0.2, 0.25) is 12.4 Å². The van der Waals surface area contributed by atoms with Gasteiger partial charge in [-0.2, -0.15) is 0 Å². The summed E-state index contributed by atoms with van der Waals surface area (Å²) in [5, 5.41) is 2.88. The molecule has 0 saturated carbocycles. The molecule has 0 aliphatic carbocycles. The summed E-state index contributed by atoms with van der Waals surface area (Å²) in [7, 11) is 0. The number of aromatic nitrogens is 2. The van der Waals surface area contributed by atoms with Gasteiger partial charge in [0.05, 0.1) is 0 Å². The van der Waals surface area contributed by atoms with E-state index in [1.54, 1.807) is 11.0 Å². The molecule has 2 heterocycles. The van der Waals surface area contributed by atoms with Crippen molar-refractivity contribution in [1.82, 2.24) is 14.9 Å². The number of nitrogens with zero attached hydrogens (tertiary/aromatic N) is 4. The number of nitrogens with one attached hydrogen (secondary N) is 1. The van der Waals surface area contributed by atoms with Crippen molar-refractivity contribution < 1.29 is 9.59 Å². The zero-order chi connectivity index (χ0) is 18.5. The normalized spacial score (nSPS) is 14.2. The van der Waals surface area contributed by atoms with Gasteiger partial charge in [-0.25, -0.2) is 9.97 Å². The van der Waals surface area contributed by atoms with E-state index in [4.69, 9.17) is 0 Å². The van der Waals surface area contributed by atoms with E-state index < -0.39 is 0 Å². The van der Waals surface area contributed by atoms with Crippen LogP contribution in [-0.4, -0.2) is 53.4 Å². The van der Waals surface area contributed by atoms with Gasteiger partial charge >= 0.3 is 0 Å². The molecule has 136 valence electrons. The highest BCUT2D eigenvalue weighted by Gasteiger charge is 2.20. The SMILES string of the molecule is CCc1ccc(NC(=O)c2cc(C)nc(N3CCN(C=O)CC3)n2)cc1. The Bertz CT molecular complexity index is 783. The molecule has 2 amide bonds. The van der Waals surface area contributed by atoms with E-state index in [-0.39, 0.29) is 5.91 Å². The van der Waals surface area contributed by atoms with E-state index in [1.807, 2.05) is 36.1 Å². The van der Waals surface area contributed by atoms with Crippen LogP contribution >= 0.6 is 0 Å². The predicted octanol–water partition coefficient (Wildman–Crippen LogP) is 1.88. The maximum Gasteiger partial charge on any atom is 0.274 e. The van der Waals surface area contributed by atoms with Crippen molar-refractivity contribution in [2.75, 3.05) is 36.4 Å². The average molecular weight is 353 g/mol. The fourth-order valence-electron chi connectivity index (χ4n) is 2.86. The second-order valence-corrected chi connectivity index (χ2v) is 6.33. The first-order valence-corrected chi connectivity index (χ1v) is 8.79. The van der Waals surface area contributed by atoms with Crippen LogP contribution in [0.3, 0.4) is 0 Å². The Kier molecular flexibility index (Phi) is 5.46. The molecule has 1 fully saturated rings. The van der Waals surface area contributed by atoms with E-state index in [9.17, 15) is 9.59 Å². The van der Waals surface area contributed by atoms with Crippen LogP contribution in [0.1, 0.15) is 28.7 Å². The number of hydrogen-bond donors (Lipinski definition) is 1. The number of aryl methyl sites for hydroxylation is 2. The van der Waals surface area contributed by atoms with Crippen molar-refractivity contribution in [2.45, 2.75) is 20.3 Å². The number of carbonyl (C=O) groups excluding carboxylic acids is 2. The number of amides is 2. The Morgan fingerprint density at radius 2 is 1.85 bits per heavy atom. The summed E-state index contributed by atoms with van der Waals surface area (Å²) in [5.41, 5.74) is 3.03. The van der Waals surface area contributed by atoms with Gasteiger partial charge in [0.1, 0.15) is 5.69 Å². The highest BCUT2D eigenvalue weighted by Crippen LogP contribution is 2.15. The minimum atomic E-state index is -0.257. The largest absolute Gasteiger partial charge is 0.342 e. The topological polar surface area (TPSA) is 78.4 Å². The highest BCUT2D eigenvalue weighted by molar-refractivity contribution is 6.03. The molecule has 26 heavy (non-hydrogen) atoms. The third-order valence-corrected chi connectivity index (χ3v) is 4.44. The minimum absolute atomic E-state index is 0.257. The van der Waals surface area contributed by atoms with Gasteiger partial charge in [0, 0.05) is 37.6 Å². The molecule has 0 atom stereocenters. The van der Waals surface area contributed by atoms with E-state index in [0.29, 0.717) is 37.8 Å². The van der Waals surface area contributed by atoms with Gasteiger partial charge in [-0.1, -0.05) is 19.1 Å². The Balaban J connectivity index is 1.74. The molecule has 1 aliphatic rings. The first-order chi connectivity index (χ1) is 12.6. The Labute approximate surface area is 153 Å². The molecule has 1 aromatic carbocycles. The lowest BCUT2D eigenvalue weighted by atomic mass is 10.1. The number of piperazine rings is 1. The smallest absolute Gasteiger partial charge is 0.274 e. The van der Waals surface area contributed by atoms with Crippen molar-refractivity contribution in [3.8, 4) is 0 Å². The Hall–Kier alpha value is -2.96. The van der Waals surface area contributed by atoms with Crippen LogP contribution in [0.2, 0.25) is 0 Å². The summed E-state index contributed by atoms with van der Waals surface area (Å²) >= 11 is 0. The first kappa shape index (κ1) is 17.8. The van der Waals surface area contributed by atoms with Crippen molar-refractivity contribution in [2.24, 2.45) is 0 Å². The van der Waals surface area contributed by atoms with E-state index in [2.05, 4.69) is 22.2 Å². The number of hydrogen-bond acceptors (Lipinski definition) is 5. The molecule has 0 unspecified atom stereocenters. The molecular formula is C19H23N5O2. The Morgan fingerprint density at radius 3 is 2.46 bits per heavy atom. The Morgan fingerprint density at radius 1 is 1.15 bits per heavy atom. The summed E-state index contributed by atoms with van der Waals surface area (Å²) < 4.78 is 0. The third kappa shape index (κ3) is 4.17. The monoisotopic (exact) mass is 353 g/mol. The second kappa shape index (κ2) is 7.95. The van der Waals surface area contributed by atoms with Crippen LogP contribution in [0.5, 0.6) is 0 Å². The van der Waals surface area contributed by atoms with Crippen LogP contribution < -0.4 is 10.2 Å². The lowest BCUT2D eigenvalue weighted by molar-refractivity contribution is -0.118. The molecule has 1 N–H and O–H groups in total. The quantitative estimate of drug-likeness (QED) is 0.831. The molecule has 0 bridgehead atoms. The molecule has 7 nitrogen and oxygen atoms in total. The summed E-state index contributed by atoms with van der Waals surface area (Å²) in [6.07, 6.45) is 1.82. The fraction of sp³-hybridized carbons (Fsp3) is 0.368. The van der Waals surface area contributed by atoms with Gasteiger partial charge < -0.3 is 15.1 Å². The molecule has 1 aliphatic heterocycles. The standard InChI is InChI=1S/C19H23N5O2/c1-3-15-4-6-16(7-5-15)21-18(26)17-12-14(2)20-19(22-17)24-10-8-23(13-25)9-11-24/h4-7,12-13H,3,8-11H2,1-2H3,(H,21,26). The van der Waals surface area contributed by atoms with Crippen LogP contribution in [0.4, 0.5) is 11.6 Å². The molecular weight excluding hydrogens is 330 g/mol. The number of benzene rings is 1. The third-order valence-electron chi connectivity index (χ3n) is 4.44. The summed E-state index contributed by atoms with van der Waals surface area (Å²) in [5.74, 6) is 0.273. The van der Waals surface area contributed by atoms with E-state index >= 15 is 0 Å². The zero-order valence-corrected chi connectivity index (χ0v) is 15.1. The molecule has 2 aromatic rings. The molecule has 1 aromatic heterocycles. The fourth-order valence-corrected chi connectivity index (χ4v) is 2.86. The highest BCUT2D eigenvalue weighted by atomic mass is 16.2. The number of anilines is 2. The minimum Gasteiger partial charge on any atom is -0.342 e. The maximum absolute atomic E-state index is 12.6. The van der Waals surface area contributed by atoms with Gasteiger partial charge in [0.25, 0.3) is 5.91 Å². The van der Waals surface area contributed by atoms with E-state index in [1.165, 1.54) is 5.56 Å². The number of rotatable bonds is 5. The van der Waals surface area contributed by atoms with Gasteiger partial charge in [-0.15, -0.1) is 0 Å².